The van der Waals surface area contributed by atoms with Gasteiger partial charge in [-0.2, -0.15) is 17.4 Å². The molecule has 1 saturated heterocycles. The molecule has 0 radical (unpaired) electrons. The van der Waals surface area contributed by atoms with Gasteiger partial charge in [0.05, 0.1) is 0 Å². The van der Waals surface area contributed by atoms with E-state index in [0.29, 0.717) is 38.5 Å². The first-order valence-corrected chi connectivity index (χ1v) is 11.1. The minimum Gasteiger partial charge on any atom is -0.450 e. The first-order chi connectivity index (χ1) is 13.6. The van der Waals surface area contributed by atoms with Gasteiger partial charge in [-0.1, -0.05) is 44.2 Å². The minimum atomic E-state index is -3.49. The van der Waals surface area contributed by atoms with Crippen LogP contribution in [0, 0.1) is 5.92 Å². The molecule has 10 heteroatoms. The van der Waals surface area contributed by atoms with Crippen LogP contribution in [-0.2, 0) is 15.0 Å². The topological polar surface area (TPSA) is 127 Å². The summed E-state index contributed by atoms with van der Waals surface area (Å²) in [5.74, 6) is 0.706. The van der Waals surface area contributed by atoms with Crippen LogP contribution in [0.25, 0.3) is 0 Å². The number of carbonyl (C=O) groups is 2. The first-order valence-electron chi connectivity index (χ1n) is 9.62. The highest BCUT2D eigenvalue weighted by Gasteiger charge is 2.42. The number of carbonyl (C=O) groups excluding carboxylic acids is 1. The average Bonchev–Trinajstić information content (AvgIpc) is 3.40. The van der Waals surface area contributed by atoms with E-state index < -0.39 is 16.4 Å². The zero-order chi connectivity index (χ0) is 21.6. The Morgan fingerprint density at radius 1 is 1.10 bits per heavy atom. The third kappa shape index (κ3) is 7.30. The molecule has 1 aliphatic carbocycles. The van der Waals surface area contributed by atoms with Crippen molar-refractivity contribution >= 4 is 22.3 Å². The van der Waals surface area contributed by atoms with Crippen molar-refractivity contribution in [3.63, 3.8) is 0 Å². The molecule has 3 rings (SSSR count). The lowest BCUT2D eigenvalue weighted by molar-refractivity contribution is -0.133. The molecule has 1 heterocycles. The lowest BCUT2D eigenvalue weighted by atomic mass is 10.1. The lowest BCUT2D eigenvalue weighted by Crippen LogP contribution is -2.53. The van der Waals surface area contributed by atoms with Gasteiger partial charge in [-0.05, 0) is 17.9 Å². The summed E-state index contributed by atoms with van der Waals surface area (Å²) in [5.41, 5.74) is 1.18. The molecule has 162 valence electrons. The monoisotopic (exact) mass is 427 g/mol. The Hall–Kier alpha value is -2.17. The van der Waals surface area contributed by atoms with Gasteiger partial charge in [0, 0.05) is 44.6 Å². The fraction of sp³-hybridized carbons (Fsp3) is 0.579. The van der Waals surface area contributed by atoms with Crippen LogP contribution in [-0.4, -0.2) is 72.1 Å². The van der Waals surface area contributed by atoms with Crippen LogP contribution < -0.4 is 4.72 Å². The smallest absolute Gasteiger partial charge is 0.450 e. The van der Waals surface area contributed by atoms with Crippen LogP contribution in [0.5, 0.6) is 0 Å². The van der Waals surface area contributed by atoms with E-state index in [1.807, 2.05) is 44.2 Å². The molecule has 29 heavy (non-hydrogen) atoms. The second kappa shape index (κ2) is 10.0. The number of hydrogen-bond acceptors (Lipinski definition) is 4. The number of hydrogen-bond donors (Lipinski definition) is 3. The van der Waals surface area contributed by atoms with Gasteiger partial charge >= 0.3 is 6.16 Å². The van der Waals surface area contributed by atoms with Gasteiger partial charge in [-0.3, -0.25) is 4.79 Å². The van der Waals surface area contributed by atoms with E-state index >= 15 is 0 Å². The maximum absolute atomic E-state index is 12.6. The largest absolute Gasteiger partial charge is 0.503 e. The minimum absolute atomic E-state index is 0.0204. The highest BCUT2D eigenvalue weighted by Crippen LogP contribution is 2.41. The van der Waals surface area contributed by atoms with Gasteiger partial charge < -0.3 is 15.1 Å². The summed E-state index contributed by atoms with van der Waals surface area (Å²) in [7, 11) is -3.49. The maximum atomic E-state index is 12.6. The predicted octanol–water partition coefficient (Wildman–Crippen LogP) is 1.79. The molecule has 2 fully saturated rings. The fourth-order valence-corrected chi connectivity index (χ4v) is 4.75. The number of nitrogens with zero attached hydrogens (tertiary/aromatic N) is 2. The Balaban J connectivity index is 0.000000687. The van der Waals surface area contributed by atoms with Gasteiger partial charge in [-0.15, -0.1) is 0 Å². The van der Waals surface area contributed by atoms with E-state index in [1.54, 1.807) is 4.90 Å². The predicted molar refractivity (Wildman–Crippen MR) is 108 cm³/mol. The number of amides is 1. The maximum Gasteiger partial charge on any atom is 0.503 e. The van der Waals surface area contributed by atoms with Crippen molar-refractivity contribution in [1.82, 2.24) is 13.9 Å². The van der Waals surface area contributed by atoms with Gasteiger partial charge in [0.2, 0.25) is 5.91 Å². The van der Waals surface area contributed by atoms with E-state index in [4.69, 9.17) is 15.0 Å². The Bertz CT molecular complexity index is 787. The Labute approximate surface area is 171 Å². The van der Waals surface area contributed by atoms with Crippen LogP contribution in [0.3, 0.4) is 0 Å². The number of rotatable bonds is 6. The molecule has 2 atom stereocenters. The molecule has 1 aromatic carbocycles. The van der Waals surface area contributed by atoms with Gasteiger partial charge in [-0.25, -0.2) is 4.79 Å². The summed E-state index contributed by atoms with van der Waals surface area (Å²) in [6.45, 7) is 5.70. The summed E-state index contributed by atoms with van der Waals surface area (Å²) in [4.78, 5) is 22.4. The second-order valence-electron chi connectivity index (χ2n) is 7.64. The SMILES string of the molecule is CC(C)CC(=O)N1CCN(S(=O)(=O)N[C@H]2C[C@@H]2c2ccccc2)CC1.O=C(O)O. The molecule has 0 bridgehead atoms. The lowest BCUT2D eigenvalue weighted by Gasteiger charge is -2.34. The number of benzene rings is 1. The molecule has 1 aromatic rings. The zero-order valence-corrected chi connectivity index (χ0v) is 17.5. The molecule has 1 aliphatic heterocycles. The molecule has 0 aromatic heterocycles. The first kappa shape index (κ1) is 23.1. The van der Waals surface area contributed by atoms with E-state index in [2.05, 4.69) is 4.72 Å². The van der Waals surface area contributed by atoms with Crippen LogP contribution in [0.4, 0.5) is 4.79 Å². The molecule has 9 nitrogen and oxygen atoms in total. The molecular weight excluding hydrogens is 398 g/mol. The molecule has 1 saturated carbocycles. The van der Waals surface area contributed by atoms with Crippen molar-refractivity contribution in [2.75, 3.05) is 26.2 Å². The Morgan fingerprint density at radius 3 is 2.17 bits per heavy atom. The number of carboxylic acid groups (broad SMARTS) is 2. The van der Waals surface area contributed by atoms with Crippen molar-refractivity contribution in [2.45, 2.75) is 38.6 Å². The molecule has 3 N–H and O–H groups in total. The van der Waals surface area contributed by atoms with Crippen LogP contribution in [0.2, 0.25) is 0 Å². The Morgan fingerprint density at radius 2 is 1.66 bits per heavy atom. The normalized spacial score (nSPS) is 22.0. The fourth-order valence-electron chi connectivity index (χ4n) is 3.32. The second-order valence-corrected chi connectivity index (χ2v) is 9.34. The van der Waals surface area contributed by atoms with Gasteiger partial charge in [0.25, 0.3) is 10.2 Å². The van der Waals surface area contributed by atoms with Gasteiger partial charge in [0.1, 0.15) is 0 Å². The molecule has 2 aliphatic rings. The van der Waals surface area contributed by atoms with Crippen molar-refractivity contribution in [2.24, 2.45) is 5.92 Å². The summed E-state index contributed by atoms with van der Waals surface area (Å²) in [6, 6.07) is 9.98. The summed E-state index contributed by atoms with van der Waals surface area (Å²) >= 11 is 0. The standard InChI is InChI=1S/C18H27N3O3S.CH2O3/c1-14(2)12-18(22)20-8-10-21(11-9-20)25(23,24)19-17-13-16(17)15-6-4-3-5-7-15;2-1(3)4/h3-7,14,16-17,19H,8-13H2,1-2H3;(H2,2,3,4)/t16-,17+;/m1./s1. The number of nitrogens with one attached hydrogen (secondary N) is 1. The average molecular weight is 428 g/mol. The van der Waals surface area contributed by atoms with E-state index in [1.165, 1.54) is 9.87 Å². The molecule has 0 spiro atoms. The van der Waals surface area contributed by atoms with Crippen LogP contribution in [0.1, 0.15) is 38.2 Å². The highest BCUT2D eigenvalue weighted by atomic mass is 32.2. The number of piperazine rings is 1. The van der Waals surface area contributed by atoms with Crippen molar-refractivity contribution < 1.29 is 28.2 Å². The highest BCUT2D eigenvalue weighted by molar-refractivity contribution is 7.87. The zero-order valence-electron chi connectivity index (χ0n) is 16.7. The van der Waals surface area contributed by atoms with E-state index in [0.717, 1.165) is 6.42 Å². The molecular formula is C19H29N3O6S. The third-order valence-corrected chi connectivity index (χ3v) is 6.48. The quantitative estimate of drug-likeness (QED) is 0.635. The van der Waals surface area contributed by atoms with E-state index in [9.17, 15) is 13.2 Å². The van der Waals surface area contributed by atoms with Crippen molar-refractivity contribution in [1.29, 1.82) is 0 Å². The third-order valence-electron chi connectivity index (χ3n) is 4.83. The van der Waals surface area contributed by atoms with Crippen molar-refractivity contribution in [3.8, 4) is 0 Å². The Kier molecular flexibility index (Phi) is 8.00. The summed E-state index contributed by atoms with van der Waals surface area (Å²) < 4.78 is 29.4. The van der Waals surface area contributed by atoms with Gasteiger partial charge in [0.15, 0.2) is 0 Å². The van der Waals surface area contributed by atoms with Crippen molar-refractivity contribution in [3.05, 3.63) is 35.9 Å². The molecule has 1 amide bonds. The van der Waals surface area contributed by atoms with Crippen LogP contribution in [0.15, 0.2) is 30.3 Å². The summed E-state index contributed by atoms with van der Waals surface area (Å²) in [5, 5.41) is 13.9. The van der Waals surface area contributed by atoms with Crippen LogP contribution >= 0.6 is 0 Å². The summed E-state index contributed by atoms with van der Waals surface area (Å²) in [6.07, 6.45) is -0.470. The molecule has 0 unspecified atom stereocenters. The van der Waals surface area contributed by atoms with E-state index in [-0.39, 0.29) is 17.9 Å².